The van der Waals surface area contributed by atoms with Gasteiger partial charge < -0.3 is 24.4 Å². The molecular weight excluding hydrogens is 468 g/mol. The molecule has 0 saturated carbocycles. The Morgan fingerprint density at radius 2 is 2.00 bits per heavy atom. The van der Waals surface area contributed by atoms with Crippen molar-refractivity contribution in [3.63, 3.8) is 0 Å². The fourth-order valence-electron chi connectivity index (χ4n) is 3.90. The van der Waals surface area contributed by atoms with Gasteiger partial charge in [0.1, 0.15) is 5.75 Å². The van der Waals surface area contributed by atoms with Gasteiger partial charge in [-0.05, 0) is 37.0 Å². The number of hydrogen-bond donors (Lipinski definition) is 1. The maximum atomic E-state index is 12.4. The van der Waals surface area contributed by atoms with E-state index in [1.54, 1.807) is 12.1 Å². The van der Waals surface area contributed by atoms with Crippen LogP contribution in [0.15, 0.2) is 29.4 Å². The molecular formula is C22H29F2N5O4S. The Morgan fingerprint density at radius 1 is 1.21 bits per heavy atom. The highest BCUT2D eigenvalue weighted by Gasteiger charge is 2.25. The summed E-state index contributed by atoms with van der Waals surface area (Å²) in [5.74, 6) is 1.01. The number of morpholine rings is 1. The van der Waals surface area contributed by atoms with Crippen molar-refractivity contribution in [1.29, 1.82) is 0 Å². The minimum atomic E-state index is -2.84. The number of amides is 1. The molecule has 3 heterocycles. The smallest absolute Gasteiger partial charge is 0.387 e. The average Bonchev–Trinajstić information content (AvgIpc) is 3.49. The normalized spacial score (nSPS) is 18.4. The molecule has 1 amide bonds. The van der Waals surface area contributed by atoms with Gasteiger partial charge in [-0.3, -0.25) is 9.36 Å². The van der Waals surface area contributed by atoms with E-state index in [-0.39, 0.29) is 23.5 Å². The molecule has 0 spiro atoms. The molecule has 2 aromatic rings. The van der Waals surface area contributed by atoms with Gasteiger partial charge in [-0.25, -0.2) is 0 Å². The van der Waals surface area contributed by atoms with Crippen LogP contribution in [0.25, 0.3) is 0 Å². The number of halogens is 2. The van der Waals surface area contributed by atoms with Crippen LogP contribution in [0.2, 0.25) is 0 Å². The van der Waals surface area contributed by atoms with Crippen molar-refractivity contribution in [2.24, 2.45) is 0 Å². The standard InChI is InChI=1S/C22H29F2N5O4S/c23-20(24)33-17-5-3-16(4-6-17)7-8-25-19(30)15-34-22-27-26-21(28-9-12-31-13-10-28)29(22)14-18-2-1-11-32-18/h3-6,18,20H,1-2,7-15H2,(H,25,30). The van der Waals surface area contributed by atoms with E-state index in [0.29, 0.717) is 37.9 Å². The predicted octanol–water partition coefficient (Wildman–Crippen LogP) is 2.35. The first kappa shape index (κ1) is 24.7. The third kappa shape index (κ3) is 7.03. The summed E-state index contributed by atoms with van der Waals surface area (Å²) >= 11 is 1.35. The summed E-state index contributed by atoms with van der Waals surface area (Å²) < 4.78 is 42.1. The van der Waals surface area contributed by atoms with E-state index in [4.69, 9.17) is 9.47 Å². The van der Waals surface area contributed by atoms with Crippen LogP contribution < -0.4 is 15.0 Å². The first-order valence-corrected chi connectivity index (χ1v) is 12.4. The molecule has 1 aromatic carbocycles. The van der Waals surface area contributed by atoms with E-state index in [0.717, 1.165) is 44.0 Å². The van der Waals surface area contributed by atoms with Crippen molar-refractivity contribution in [3.05, 3.63) is 29.8 Å². The Labute approximate surface area is 201 Å². The summed E-state index contributed by atoms with van der Waals surface area (Å²) in [5, 5.41) is 12.3. The van der Waals surface area contributed by atoms with Crippen molar-refractivity contribution < 1.29 is 27.8 Å². The lowest BCUT2D eigenvalue weighted by Crippen LogP contribution is -2.38. The third-order valence-corrected chi connectivity index (χ3v) is 6.58. The van der Waals surface area contributed by atoms with Gasteiger partial charge in [0.25, 0.3) is 0 Å². The highest BCUT2D eigenvalue weighted by Crippen LogP contribution is 2.25. The number of thioether (sulfide) groups is 1. The first-order chi connectivity index (χ1) is 16.6. The topological polar surface area (TPSA) is 90.7 Å². The van der Waals surface area contributed by atoms with Crippen molar-refractivity contribution in [2.75, 3.05) is 50.1 Å². The molecule has 1 unspecified atom stereocenters. The molecule has 34 heavy (non-hydrogen) atoms. The Kier molecular flexibility index (Phi) is 8.94. The molecule has 1 atom stereocenters. The van der Waals surface area contributed by atoms with Crippen LogP contribution >= 0.6 is 11.8 Å². The van der Waals surface area contributed by atoms with E-state index < -0.39 is 6.61 Å². The van der Waals surface area contributed by atoms with E-state index in [9.17, 15) is 13.6 Å². The fraction of sp³-hybridized carbons (Fsp3) is 0.591. The van der Waals surface area contributed by atoms with E-state index in [2.05, 4.69) is 29.7 Å². The lowest BCUT2D eigenvalue weighted by Gasteiger charge is -2.28. The number of alkyl halides is 2. The van der Waals surface area contributed by atoms with Crippen molar-refractivity contribution in [1.82, 2.24) is 20.1 Å². The van der Waals surface area contributed by atoms with Crippen LogP contribution in [0, 0.1) is 0 Å². The number of nitrogens with one attached hydrogen (secondary N) is 1. The Hall–Kier alpha value is -2.44. The van der Waals surface area contributed by atoms with Gasteiger partial charge >= 0.3 is 6.61 Å². The van der Waals surface area contributed by atoms with Crippen molar-refractivity contribution in [3.8, 4) is 5.75 Å². The molecule has 2 fully saturated rings. The second-order valence-corrected chi connectivity index (χ2v) is 8.98. The lowest BCUT2D eigenvalue weighted by molar-refractivity contribution is -0.118. The summed E-state index contributed by atoms with van der Waals surface area (Å²) in [4.78, 5) is 14.6. The van der Waals surface area contributed by atoms with Crippen LogP contribution in [0.3, 0.4) is 0 Å². The zero-order chi connectivity index (χ0) is 23.8. The number of carbonyl (C=O) groups is 1. The number of nitrogens with zero attached hydrogens (tertiary/aromatic N) is 4. The average molecular weight is 498 g/mol. The van der Waals surface area contributed by atoms with Crippen LogP contribution in [-0.2, 0) is 27.2 Å². The number of carbonyl (C=O) groups excluding carboxylic acids is 1. The number of ether oxygens (including phenoxy) is 3. The summed E-state index contributed by atoms with van der Waals surface area (Å²) in [6.45, 7) is 1.84. The van der Waals surface area contributed by atoms with Crippen LogP contribution in [0.1, 0.15) is 18.4 Å². The van der Waals surface area contributed by atoms with Gasteiger partial charge in [-0.2, -0.15) is 8.78 Å². The molecule has 186 valence electrons. The quantitative estimate of drug-likeness (QED) is 0.473. The number of rotatable bonds is 11. The van der Waals surface area contributed by atoms with Gasteiger partial charge in [-0.15, -0.1) is 10.2 Å². The Morgan fingerprint density at radius 3 is 2.71 bits per heavy atom. The highest BCUT2D eigenvalue weighted by atomic mass is 32.2. The molecule has 1 aromatic heterocycles. The van der Waals surface area contributed by atoms with Gasteiger partial charge in [-0.1, -0.05) is 23.9 Å². The first-order valence-electron chi connectivity index (χ1n) is 11.4. The van der Waals surface area contributed by atoms with E-state index in [1.165, 1.54) is 23.9 Å². The maximum Gasteiger partial charge on any atom is 0.387 e. The van der Waals surface area contributed by atoms with Gasteiger partial charge in [0, 0.05) is 26.2 Å². The molecule has 0 radical (unpaired) electrons. The molecule has 0 bridgehead atoms. The van der Waals surface area contributed by atoms with Crippen molar-refractivity contribution >= 4 is 23.6 Å². The Balaban J connectivity index is 1.28. The number of hydrogen-bond acceptors (Lipinski definition) is 8. The van der Waals surface area contributed by atoms with Gasteiger partial charge in [0.2, 0.25) is 11.9 Å². The number of benzene rings is 1. The monoisotopic (exact) mass is 497 g/mol. The van der Waals surface area contributed by atoms with Gasteiger partial charge in [0.05, 0.1) is 31.6 Å². The molecule has 12 heteroatoms. The molecule has 2 aliphatic heterocycles. The maximum absolute atomic E-state index is 12.4. The summed E-state index contributed by atoms with van der Waals surface area (Å²) in [7, 11) is 0. The lowest BCUT2D eigenvalue weighted by atomic mass is 10.1. The fourth-order valence-corrected chi connectivity index (χ4v) is 4.67. The molecule has 2 aliphatic rings. The molecule has 9 nitrogen and oxygen atoms in total. The van der Waals surface area contributed by atoms with Gasteiger partial charge in [0.15, 0.2) is 5.16 Å². The zero-order valence-corrected chi connectivity index (χ0v) is 19.6. The third-order valence-electron chi connectivity index (χ3n) is 5.62. The van der Waals surface area contributed by atoms with Crippen molar-refractivity contribution in [2.45, 2.75) is 43.7 Å². The molecule has 2 saturated heterocycles. The highest BCUT2D eigenvalue weighted by molar-refractivity contribution is 7.99. The van der Waals surface area contributed by atoms with E-state index in [1.807, 2.05) is 0 Å². The van der Waals surface area contributed by atoms with Crippen LogP contribution in [0.5, 0.6) is 5.75 Å². The zero-order valence-electron chi connectivity index (χ0n) is 18.8. The summed E-state index contributed by atoms with van der Waals surface area (Å²) in [6, 6.07) is 6.40. The summed E-state index contributed by atoms with van der Waals surface area (Å²) in [6.07, 6.45) is 2.76. The second-order valence-electron chi connectivity index (χ2n) is 8.04. The molecule has 1 N–H and O–H groups in total. The van der Waals surface area contributed by atoms with Crippen LogP contribution in [0.4, 0.5) is 14.7 Å². The summed E-state index contributed by atoms with van der Waals surface area (Å²) in [5.41, 5.74) is 0.918. The minimum Gasteiger partial charge on any atom is -0.435 e. The van der Waals surface area contributed by atoms with E-state index >= 15 is 0 Å². The minimum absolute atomic E-state index is 0.109. The number of anilines is 1. The molecule has 4 rings (SSSR count). The molecule has 0 aliphatic carbocycles. The Bertz CT molecular complexity index is 919. The largest absolute Gasteiger partial charge is 0.435 e. The predicted molar refractivity (Wildman–Crippen MR) is 123 cm³/mol. The van der Waals surface area contributed by atoms with Crippen LogP contribution in [-0.4, -0.2) is 78.6 Å². The number of aromatic nitrogens is 3. The SMILES string of the molecule is O=C(CSc1nnc(N2CCOCC2)n1CC1CCCO1)NCCc1ccc(OC(F)F)cc1. The second kappa shape index (κ2) is 12.3.